The van der Waals surface area contributed by atoms with Gasteiger partial charge in [0.05, 0.1) is 5.75 Å². The zero-order valence-corrected chi connectivity index (χ0v) is 6.11. The summed E-state index contributed by atoms with van der Waals surface area (Å²) in [6, 6.07) is 0. The van der Waals surface area contributed by atoms with Gasteiger partial charge in [0.15, 0.2) is 0 Å². The molecular weight excluding hydrogens is 142 g/mol. The molecule has 0 aromatic rings. The van der Waals surface area contributed by atoms with Gasteiger partial charge in [-0.05, 0) is 13.5 Å². The lowest BCUT2D eigenvalue weighted by Gasteiger charge is -1.97. The molecule has 0 aliphatic carbocycles. The average molecular weight is 153 g/mol. The van der Waals surface area contributed by atoms with Gasteiger partial charge in [-0.1, -0.05) is 0 Å². The van der Waals surface area contributed by atoms with E-state index in [2.05, 4.69) is 4.72 Å². The first-order valence-electron chi connectivity index (χ1n) is 2.64. The summed E-state index contributed by atoms with van der Waals surface area (Å²) in [6.07, 6.45) is 0.295. The van der Waals surface area contributed by atoms with E-state index in [1.807, 2.05) is 0 Å². The maximum atomic E-state index is 10.5. The van der Waals surface area contributed by atoms with Crippen molar-refractivity contribution in [3.63, 3.8) is 0 Å². The van der Waals surface area contributed by atoms with Crippen molar-refractivity contribution in [2.45, 2.75) is 6.42 Å². The van der Waals surface area contributed by atoms with Crippen molar-refractivity contribution >= 4 is 10.0 Å². The van der Waals surface area contributed by atoms with Crippen molar-refractivity contribution in [1.82, 2.24) is 4.72 Å². The molecule has 0 aliphatic rings. The van der Waals surface area contributed by atoms with Crippen LogP contribution < -0.4 is 4.72 Å². The Bertz CT molecular complexity index is 151. The van der Waals surface area contributed by atoms with Gasteiger partial charge in [-0.25, -0.2) is 13.1 Å². The zero-order valence-electron chi connectivity index (χ0n) is 5.29. The van der Waals surface area contributed by atoms with Crippen LogP contribution in [0.25, 0.3) is 0 Å². The summed E-state index contributed by atoms with van der Waals surface area (Å²) in [5.41, 5.74) is 0. The van der Waals surface area contributed by atoms with Gasteiger partial charge in [0.2, 0.25) is 10.0 Å². The summed E-state index contributed by atoms with van der Waals surface area (Å²) in [4.78, 5) is 0. The molecule has 0 atom stereocenters. The fourth-order valence-corrected chi connectivity index (χ4v) is 1.07. The van der Waals surface area contributed by atoms with E-state index in [0.29, 0.717) is 6.42 Å². The van der Waals surface area contributed by atoms with E-state index in [9.17, 15) is 8.42 Å². The van der Waals surface area contributed by atoms with Crippen LogP contribution in [0.5, 0.6) is 0 Å². The Labute approximate surface area is 54.9 Å². The van der Waals surface area contributed by atoms with Gasteiger partial charge in [0.25, 0.3) is 0 Å². The second-order valence-electron chi connectivity index (χ2n) is 1.60. The highest BCUT2D eigenvalue weighted by Gasteiger charge is 2.03. The van der Waals surface area contributed by atoms with Crippen molar-refractivity contribution < 1.29 is 13.5 Å². The Kier molecular flexibility index (Phi) is 3.76. The second kappa shape index (κ2) is 3.81. The van der Waals surface area contributed by atoms with E-state index in [1.54, 1.807) is 0 Å². The molecule has 0 heterocycles. The Hall–Kier alpha value is -0.130. The van der Waals surface area contributed by atoms with Crippen LogP contribution >= 0.6 is 0 Å². The van der Waals surface area contributed by atoms with Crippen molar-refractivity contribution in [2.24, 2.45) is 0 Å². The SMILES string of the molecule is CNS(=O)(=O)CCCO. The molecule has 0 spiro atoms. The third-order valence-electron chi connectivity index (χ3n) is 0.882. The maximum Gasteiger partial charge on any atom is 0.211 e. The molecular formula is C4H11NO3S. The predicted molar refractivity (Wildman–Crippen MR) is 34.5 cm³/mol. The number of aliphatic hydroxyl groups is 1. The molecule has 0 fully saturated rings. The predicted octanol–water partition coefficient (Wildman–Crippen LogP) is -1.08. The normalized spacial score (nSPS) is 11.8. The standard InChI is InChI=1S/C4H11NO3S/c1-5-9(7,8)4-2-3-6/h5-6H,2-4H2,1H3. The first-order valence-corrected chi connectivity index (χ1v) is 4.29. The van der Waals surface area contributed by atoms with Crippen LogP contribution in [-0.4, -0.2) is 32.9 Å². The molecule has 0 saturated heterocycles. The average Bonchev–Trinajstić information content (AvgIpc) is 1.84. The summed E-state index contributed by atoms with van der Waals surface area (Å²) < 4.78 is 23.2. The molecule has 0 unspecified atom stereocenters. The lowest BCUT2D eigenvalue weighted by molar-refractivity contribution is 0.295. The van der Waals surface area contributed by atoms with Gasteiger partial charge >= 0.3 is 0 Å². The molecule has 4 nitrogen and oxygen atoms in total. The van der Waals surface area contributed by atoms with E-state index >= 15 is 0 Å². The van der Waals surface area contributed by atoms with Gasteiger partial charge in [-0.15, -0.1) is 0 Å². The van der Waals surface area contributed by atoms with Gasteiger partial charge in [-0.2, -0.15) is 0 Å². The van der Waals surface area contributed by atoms with Crippen LogP contribution in [0.2, 0.25) is 0 Å². The molecule has 0 saturated carbocycles. The first-order chi connectivity index (χ1) is 4.12. The maximum absolute atomic E-state index is 10.5. The number of aliphatic hydroxyl groups excluding tert-OH is 1. The lowest BCUT2D eigenvalue weighted by Crippen LogP contribution is -2.22. The van der Waals surface area contributed by atoms with Gasteiger partial charge in [0, 0.05) is 6.61 Å². The highest BCUT2D eigenvalue weighted by molar-refractivity contribution is 7.89. The molecule has 0 radical (unpaired) electrons. The molecule has 56 valence electrons. The van der Waals surface area contributed by atoms with Crippen LogP contribution in [0, 0.1) is 0 Å². The quantitative estimate of drug-likeness (QED) is 0.540. The minimum Gasteiger partial charge on any atom is -0.396 e. The number of hydrogen-bond donors (Lipinski definition) is 2. The van der Waals surface area contributed by atoms with Crippen molar-refractivity contribution in [3.8, 4) is 0 Å². The lowest BCUT2D eigenvalue weighted by atomic mass is 10.5. The van der Waals surface area contributed by atoms with E-state index in [4.69, 9.17) is 5.11 Å². The van der Waals surface area contributed by atoms with Crippen LogP contribution in [0.1, 0.15) is 6.42 Å². The third-order valence-corrected chi connectivity index (χ3v) is 2.33. The zero-order chi connectivity index (χ0) is 7.33. The smallest absolute Gasteiger partial charge is 0.211 e. The summed E-state index contributed by atoms with van der Waals surface area (Å²) in [6.45, 7) is -0.0824. The highest BCUT2D eigenvalue weighted by atomic mass is 32.2. The first kappa shape index (κ1) is 8.87. The van der Waals surface area contributed by atoms with Crippen LogP contribution in [0.4, 0.5) is 0 Å². The fraction of sp³-hybridized carbons (Fsp3) is 1.00. The molecule has 5 heteroatoms. The van der Waals surface area contributed by atoms with E-state index in [0.717, 1.165) is 0 Å². The van der Waals surface area contributed by atoms with Crippen molar-refractivity contribution in [1.29, 1.82) is 0 Å². The highest BCUT2D eigenvalue weighted by Crippen LogP contribution is 1.85. The van der Waals surface area contributed by atoms with Crippen LogP contribution in [-0.2, 0) is 10.0 Å². The Balaban J connectivity index is 3.61. The Morgan fingerprint density at radius 1 is 1.56 bits per heavy atom. The third kappa shape index (κ3) is 4.38. The van der Waals surface area contributed by atoms with E-state index in [-0.39, 0.29) is 12.4 Å². The molecule has 9 heavy (non-hydrogen) atoms. The molecule has 0 bridgehead atoms. The van der Waals surface area contributed by atoms with Crippen LogP contribution in [0.15, 0.2) is 0 Å². The van der Waals surface area contributed by atoms with E-state index in [1.165, 1.54) is 7.05 Å². The van der Waals surface area contributed by atoms with Crippen molar-refractivity contribution in [3.05, 3.63) is 0 Å². The Morgan fingerprint density at radius 2 is 2.11 bits per heavy atom. The number of nitrogens with one attached hydrogen (secondary N) is 1. The minimum absolute atomic E-state index is 0. The number of rotatable bonds is 4. The molecule has 0 aromatic heterocycles. The number of sulfonamides is 1. The van der Waals surface area contributed by atoms with E-state index < -0.39 is 10.0 Å². The summed E-state index contributed by atoms with van der Waals surface area (Å²) in [5.74, 6) is 0. The number of hydrogen-bond acceptors (Lipinski definition) is 3. The van der Waals surface area contributed by atoms with Crippen LogP contribution in [0.3, 0.4) is 0 Å². The molecule has 0 amide bonds. The molecule has 2 N–H and O–H groups in total. The summed E-state index contributed by atoms with van der Waals surface area (Å²) >= 11 is 0. The molecule has 0 aliphatic heterocycles. The largest absolute Gasteiger partial charge is 0.396 e. The molecule has 0 rings (SSSR count). The summed E-state index contributed by atoms with van der Waals surface area (Å²) in [7, 11) is -1.74. The minimum atomic E-state index is -3.09. The Morgan fingerprint density at radius 3 is 2.44 bits per heavy atom. The van der Waals surface area contributed by atoms with Gasteiger partial charge < -0.3 is 5.11 Å². The fourth-order valence-electron chi connectivity index (χ4n) is 0.357. The monoisotopic (exact) mass is 153 g/mol. The molecule has 0 aromatic carbocycles. The van der Waals surface area contributed by atoms with Gasteiger partial charge in [-0.3, -0.25) is 0 Å². The topological polar surface area (TPSA) is 66.4 Å². The van der Waals surface area contributed by atoms with Crippen molar-refractivity contribution in [2.75, 3.05) is 19.4 Å². The summed E-state index contributed by atoms with van der Waals surface area (Å²) in [5, 5.41) is 8.23. The second-order valence-corrected chi connectivity index (χ2v) is 3.65. The van der Waals surface area contributed by atoms with Gasteiger partial charge in [0.1, 0.15) is 0 Å².